The molecule has 0 bridgehead atoms. The number of hydrogen-bond donors (Lipinski definition) is 0. The molecule has 5 rings (SSSR count). The van der Waals surface area contributed by atoms with Crippen LogP contribution in [0.3, 0.4) is 0 Å². The van der Waals surface area contributed by atoms with Crippen molar-refractivity contribution in [1.82, 2.24) is 24.7 Å². The molecule has 3 aromatic rings. The van der Waals surface area contributed by atoms with E-state index in [4.69, 9.17) is 4.52 Å². The van der Waals surface area contributed by atoms with Crippen molar-refractivity contribution < 1.29 is 9.32 Å². The maximum Gasteiger partial charge on any atom is 0.225 e. The average molecular weight is 365 g/mol. The SMILES string of the molecule is Cc1cc(-c2cnc3cc(C)nn3c2[C@H]2CCCN(C(=O)C3CC3)C2)on1. The van der Waals surface area contributed by atoms with Gasteiger partial charge in [0.25, 0.3) is 0 Å². The number of piperidine rings is 1. The van der Waals surface area contributed by atoms with Crippen LogP contribution >= 0.6 is 0 Å². The molecule has 0 spiro atoms. The first-order valence-electron chi connectivity index (χ1n) is 9.68. The summed E-state index contributed by atoms with van der Waals surface area (Å²) < 4.78 is 7.48. The maximum absolute atomic E-state index is 12.6. The normalized spacial score (nSPS) is 20.4. The van der Waals surface area contributed by atoms with Gasteiger partial charge in [-0.2, -0.15) is 5.10 Å². The molecule has 7 nitrogen and oxygen atoms in total. The average Bonchev–Trinajstić information content (AvgIpc) is 3.32. The molecule has 140 valence electrons. The number of nitrogens with zero attached hydrogens (tertiary/aromatic N) is 5. The lowest BCUT2D eigenvalue weighted by molar-refractivity contribution is -0.133. The first kappa shape index (κ1) is 16.5. The molecule has 1 atom stereocenters. The summed E-state index contributed by atoms with van der Waals surface area (Å²) in [6.45, 7) is 5.47. The van der Waals surface area contributed by atoms with E-state index in [9.17, 15) is 4.79 Å². The van der Waals surface area contributed by atoms with Gasteiger partial charge in [-0.25, -0.2) is 9.50 Å². The summed E-state index contributed by atoms with van der Waals surface area (Å²) in [5.41, 5.74) is 4.57. The molecule has 2 fully saturated rings. The minimum absolute atomic E-state index is 0.201. The van der Waals surface area contributed by atoms with Crippen LogP contribution in [0.5, 0.6) is 0 Å². The van der Waals surface area contributed by atoms with Crippen molar-refractivity contribution in [3.8, 4) is 11.3 Å². The highest BCUT2D eigenvalue weighted by Gasteiger charge is 2.37. The summed E-state index contributed by atoms with van der Waals surface area (Å²) in [6, 6.07) is 3.91. The third-order valence-electron chi connectivity index (χ3n) is 5.58. The van der Waals surface area contributed by atoms with Crippen molar-refractivity contribution >= 4 is 11.6 Å². The number of fused-ring (bicyclic) bond motifs is 1. The molecular formula is C20H23N5O2. The minimum atomic E-state index is 0.201. The van der Waals surface area contributed by atoms with Crippen LogP contribution in [0.25, 0.3) is 17.0 Å². The first-order valence-corrected chi connectivity index (χ1v) is 9.68. The Morgan fingerprint density at radius 3 is 2.78 bits per heavy atom. The molecule has 3 aromatic heterocycles. The highest BCUT2D eigenvalue weighted by molar-refractivity contribution is 5.81. The minimum Gasteiger partial charge on any atom is -0.356 e. The maximum atomic E-state index is 12.6. The molecule has 1 amide bonds. The lowest BCUT2D eigenvalue weighted by Crippen LogP contribution is -2.40. The van der Waals surface area contributed by atoms with E-state index < -0.39 is 0 Å². The smallest absolute Gasteiger partial charge is 0.225 e. The van der Waals surface area contributed by atoms with Gasteiger partial charge in [-0.1, -0.05) is 5.16 Å². The molecule has 1 saturated carbocycles. The van der Waals surface area contributed by atoms with Gasteiger partial charge in [-0.3, -0.25) is 4.79 Å². The standard InChI is InChI=1S/C20H23N5O2/c1-12-9-18-21-10-16(17-8-13(2)23-27-17)19(25(18)22-12)15-4-3-7-24(11-15)20(26)14-5-6-14/h8-10,14-15H,3-7,11H2,1-2H3/t15-/m0/s1. The van der Waals surface area contributed by atoms with E-state index in [1.807, 2.05) is 41.6 Å². The fourth-order valence-electron chi connectivity index (χ4n) is 4.13. The van der Waals surface area contributed by atoms with Crippen LogP contribution in [0.4, 0.5) is 0 Å². The van der Waals surface area contributed by atoms with E-state index in [2.05, 4.69) is 15.2 Å². The van der Waals surface area contributed by atoms with E-state index in [0.29, 0.717) is 11.7 Å². The summed E-state index contributed by atoms with van der Waals surface area (Å²) in [5.74, 6) is 1.48. The Balaban J connectivity index is 1.60. The molecule has 0 unspecified atom stereocenters. The summed E-state index contributed by atoms with van der Waals surface area (Å²) in [7, 11) is 0. The van der Waals surface area contributed by atoms with Crippen LogP contribution in [-0.2, 0) is 4.79 Å². The Morgan fingerprint density at radius 1 is 1.19 bits per heavy atom. The van der Waals surface area contributed by atoms with Gasteiger partial charge < -0.3 is 9.42 Å². The molecule has 0 radical (unpaired) electrons. The largest absolute Gasteiger partial charge is 0.356 e. The van der Waals surface area contributed by atoms with Crippen molar-refractivity contribution in [2.45, 2.75) is 45.4 Å². The number of amides is 1. The predicted molar refractivity (Wildman–Crippen MR) is 99.2 cm³/mol. The number of aryl methyl sites for hydroxylation is 2. The van der Waals surface area contributed by atoms with Crippen molar-refractivity contribution in [2.24, 2.45) is 5.92 Å². The van der Waals surface area contributed by atoms with Crippen molar-refractivity contribution in [1.29, 1.82) is 0 Å². The van der Waals surface area contributed by atoms with Crippen LogP contribution in [-0.4, -0.2) is 43.7 Å². The summed E-state index contributed by atoms with van der Waals surface area (Å²) >= 11 is 0. The second-order valence-electron chi connectivity index (χ2n) is 7.84. The molecular weight excluding hydrogens is 342 g/mol. The summed E-state index contributed by atoms with van der Waals surface area (Å²) in [6.07, 6.45) is 5.96. The Bertz CT molecular complexity index is 1020. The van der Waals surface area contributed by atoms with Gasteiger partial charge in [0, 0.05) is 43.3 Å². The van der Waals surface area contributed by atoms with Gasteiger partial charge in [-0.15, -0.1) is 0 Å². The topological polar surface area (TPSA) is 76.5 Å². The van der Waals surface area contributed by atoms with E-state index >= 15 is 0 Å². The molecule has 1 aliphatic carbocycles. The summed E-state index contributed by atoms with van der Waals surface area (Å²) in [5, 5.41) is 8.73. The van der Waals surface area contributed by atoms with Gasteiger partial charge >= 0.3 is 0 Å². The predicted octanol–water partition coefficient (Wildman–Crippen LogP) is 3.12. The fraction of sp³-hybridized carbons (Fsp3) is 0.500. The lowest BCUT2D eigenvalue weighted by Gasteiger charge is -2.33. The molecule has 27 heavy (non-hydrogen) atoms. The molecule has 0 aromatic carbocycles. The number of rotatable bonds is 3. The molecule has 1 saturated heterocycles. The number of likely N-dealkylation sites (tertiary alicyclic amines) is 1. The van der Waals surface area contributed by atoms with E-state index in [0.717, 1.165) is 67.1 Å². The van der Waals surface area contributed by atoms with Crippen LogP contribution in [0, 0.1) is 19.8 Å². The van der Waals surface area contributed by atoms with Gasteiger partial charge in [0.1, 0.15) is 0 Å². The molecule has 1 aliphatic heterocycles. The summed E-state index contributed by atoms with van der Waals surface area (Å²) in [4.78, 5) is 19.2. The Morgan fingerprint density at radius 2 is 2.04 bits per heavy atom. The molecule has 0 N–H and O–H groups in total. The van der Waals surface area contributed by atoms with Crippen molar-refractivity contribution in [3.63, 3.8) is 0 Å². The zero-order valence-corrected chi connectivity index (χ0v) is 15.7. The van der Waals surface area contributed by atoms with Crippen LogP contribution in [0.15, 0.2) is 22.9 Å². The Labute approximate surface area is 157 Å². The Hall–Kier alpha value is -2.70. The highest BCUT2D eigenvalue weighted by Crippen LogP contribution is 2.37. The monoisotopic (exact) mass is 365 g/mol. The van der Waals surface area contributed by atoms with Crippen LogP contribution < -0.4 is 0 Å². The third kappa shape index (κ3) is 2.91. The van der Waals surface area contributed by atoms with Gasteiger partial charge in [0.05, 0.1) is 22.6 Å². The molecule has 4 heterocycles. The van der Waals surface area contributed by atoms with E-state index in [1.54, 1.807) is 0 Å². The molecule has 7 heteroatoms. The number of hydrogen-bond acceptors (Lipinski definition) is 5. The molecule has 2 aliphatic rings. The van der Waals surface area contributed by atoms with Crippen molar-refractivity contribution in [3.05, 3.63) is 35.4 Å². The number of carbonyl (C=O) groups excluding carboxylic acids is 1. The highest BCUT2D eigenvalue weighted by atomic mass is 16.5. The number of carbonyl (C=O) groups is 1. The van der Waals surface area contributed by atoms with Gasteiger partial charge in [0.2, 0.25) is 5.91 Å². The van der Waals surface area contributed by atoms with E-state index in [-0.39, 0.29) is 11.8 Å². The van der Waals surface area contributed by atoms with Gasteiger partial charge in [-0.05, 0) is 39.5 Å². The zero-order valence-electron chi connectivity index (χ0n) is 15.7. The van der Waals surface area contributed by atoms with Crippen LogP contribution in [0.2, 0.25) is 0 Å². The first-order chi connectivity index (χ1) is 13.1. The van der Waals surface area contributed by atoms with Crippen LogP contribution in [0.1, 0.15) is 48.7 Å². The quantitative estimate of drug-likeness (QED) is 0.713. The number of aromatic nitrogens is 4. The van der Waals surface area contributed by atoms with Gasteiger partial charge in [0.15, 0.2) is 11.4 Å². The third-order valence-corrected chi connectivity index (χ3v) is 5.58. The lowest BCUT2D eigenvalue weighted by atomic mass is 9.91. The second-order valence-corrected chi connectivity index (χ2v) is 7.84. The zero-order chi connectivity index (χ0) is 18.5. The second kappa shape index (κ2) is 6.18. The van der Waals surface area contributed by atoms with Crippen molar-refractivity contribution in [2.75, 3.05) is 13.1 Å². The Kier molecular flexibility index (Phi) is 3.77. The fourth-order valence-corrected chi connectivity index (χ4v) is 4.13. The van der Waals surface area contributed by atoms with E-state index in [1.165, 1.54) is 0 Å².